The fraction of sp³-hybridized carbons (Fsp3) is 0.545. The number of allylic oxidation sites excluding steroid dienone is 2. The summed E-state index contributed by atoms with van der Waals surface area (Å²) in [5.41, 5.74) is 1.38. The molecule has 0 spiro atoms. The quantitative estimate of drug-likeness (QED) is 0.566. The molecule has 0 heterocycles. The molecule has 0 fully saturated rings. The Kier molecular flexibility index (Phi) is 5.35. The predicted octanol–water partition coefficient (Wildman–Crippen LogP) is 3.44. The fourth-order valence-corrected chi connectivity index (χ4v) is 1.15. The van der Waals surface area contributed by atoms with Gasteiger partial charge in [0.15, 0.2) is 0 Å². The molecule has 1 heteroatoms. The molecule has 0 saturated heterocycles. The second-order valence-electron chi connectivity index (χ2n) is 3.47. The van der Waals surface area contributed by atoms with Gasteiger partial charge in [0, 0.05) is 12.4 Å². The van der Waals surface area contributed by atoms with Crippen LogP contribution in [0.3, 0.4) is 0 Å². The Morgan fingerprint density at radius 1 is 1.17 bits per heavy atom. The van der Waals surface area contributed by atoms with Gasteiger partial charge in [-0.1, -0.05) is 40.3 Å². The van der Waals surface area contributed by atoms with Gasteiger partial charge >= 0.3 is 0 Å². The van der Waals surface area contributed by atoms with E-state index in [9.17, 15) is 0 Å². The summed E-state index contributed by atoms with van der Waals surface area (Å²) in [5.74, 6) is 1.15. The van der Waals surface area contributed by atoms with Crippen LogP contribution in [0.4, 0.5) is 0 Å². The first-order chi connectivity index (χ1) is 5.59. The van der Waals surface area contributed by atoms with Crippen LogP contribution in [0.25, 0.3) is 0 Å². The third-order valence-electron chi connectivity index (χ3n) is 1.75. The zero-order chi connectivity index (χ0) is 9.56. The van der Waals surface area contributed by atoms with Crippen molar-refractivity contribution in [1.82, 2.24) is 0 Å². The van der Waals surface area contributed by atoms with E-state index in [1.165, 1.54) is 5.57 Å². The molecule has 0 radical (unpaired) electrons. The van der Waals surface area contributed by atoms with Crippen molar-refractivity contribution < 1.29 is 0 Å². The summed E-state index contributed by atoms with van der Waals surface area (Å²) >= 11 is 0. The Hall–Kier alpha value is -0.850. The van der Waals surface area contributed by atoms with Gasteiger partial charge in [-0.2, -0.15) is 0 Å². The molecule has 12 heavy (non-hydrogen) atoms. The van der Waals surface area contributed by atoms with Gasteiger partial charge in [-0.15, -0.1) is 0 Å². The lowest BCUT2D eigenvalue weighted by molar-refractivity contribution is 0.623. The van der Waals surface area contributed by atoms with Gasteiger partial charge in [0.25, 0.3) is 0 Å². The van der Waals surface area contributed by atoms with Gasteiger partial charge in [0.05, 0.1) is 0 Å². The molecule has 0 aromatic rings. The topological polar surface area (TPSA) is 12.4 Å². The molecular formula is C11H19N. The minimum absolute atomic E-state index is 0.576. The molecule has 0 aliphatic heterocycles. The number of rotatable bonds is 4. The van der Waals surface area contributed by atoms with Crippen LogP contribution in [0.5, 0.6) is 0 Å². The average Bonchev–Trinajstić information content (AvgIpc) is 1.96. The lowest BCUT2D eigenvalue weighted by Crippen LogP contribution is -2.01. The summed E-state index contributed by atoms with van der Waals surface area (Å²) < 4.78 is 0. The summed E-state index contributed by atoms with van der Waals surface area (Å²) in [7, 11) is 0. The summed E-state index contributed by atoms with van der Waals surface area (Å²) in [5, 5.41) is 0. The minimum Gasteiger partial charge on any atom is -0.265 e. The molecule has 1 nitrogen and oxygen atoms in total. The van der Waals surface area contributed by atoms with Crippen LogP contribution in [-0.2, 0) is 0 Å². The maximum atomic E-state index is 4.13. The zero-order valence-corrected chi connectivity index (χ0v) is 8.54. The molecule has 0 aromatic carbocycles. The Morgan fingerprint density at radius 2 is 1.67 bits per heavy atom. The molecule has 0 aliphatic carbocycles. The maximum Gasteiger partial charge on any atom is 0.0264 e. The second kappa shape index (κ2) is 5.76. The van der Waals surface area contributed by atoms with Crippen molar-refractivity contribution >= 4 is 6.21 Å². The van der Waals surface area contributed by atoms with Gasteiger partial charge in [-0.05, 0) is 17.4 Å². The van der Waals surface area contributed by atoms with Crippen molar-refractivity contribution in [1.29, 1.82) is 0 Å². The SMILES string of the molecule is C=C/C=N\C=C(C(C)C)C(C)C. The van der Waals surface area contributed by atoms with Crippen LogP contribution in [0, 0.1) is 11.8 Å². The summed E-state index contributed by atoms with van der Waals surface area (Å²) in [4.78, 5) is 4.13. The van der Waals surface area contributed by atoms with Crippen LogP contribution in [0.1, 0.15) is 27.7 Å². The van der Waals surface area contributed by atoms with E-state index in [-0.39, 0.29) is 0 Å². The Labute approximate surface area is 75.9 Å². The van der Waals surface area contributed by atoms with E-state index >= 15 is 0 Å². The standard InChI is InChI=1S/C11H19N/c1-6-7-12-8-11(9(2)3)10(4)5/h6-10H,1H2,2-5H3/b12-7-. The van der Waals surface area contributed by atoms with Crippen LogP contribution >= 0.6 is 0 Å². The average molecular weight is 165 g/mol. The van der Waals surface area contributed by atoms with Crippen LogP contribution in [0.15, 0.2) is 29.4 Å². The van der Waals surface area contributed by atoms with Crippen LogP contribution in [-0.4, -0.2) is 6.21 Å². The first kappa shape index (κ1) is 11.2. The molecule has 0 N–H and O–H groups in total. The van der Waals surface area contributed by atoms with E-state index in [2.05, 4.69) is 39.3 Å². The summed E-state index contributed by atoms with van der Waals surface area (Å²) in [6.45, 7) is 12.3. The third kappa shape index (κ3) is 4.12. The molecule has 0 rings (SSSR count). The van der Waals surface area contributed by atoms with Gasteiger partial charge in [0.1, 0.15) is 0 Å². The highest BCUT2D eigenvalue weighted by Crippen LogP contribution is 2.18. The van der Waals surface area contributed by atoms with Crippen molar-refractivity contribution in [3.63, 3.8) is 0 Å². The molecular weight excluding hydrogens is 146 g/mol. The monoisotopic (exact) mass is 165 g/mol. The molecule has 68 valence electrons. The molecule has 0 atom stereocenters. The number of hydrogen-bond donors (Lipinski definition) is 0. The van der Waals surface area contributed by atoms with E-state index < -0.39 is 0 Å². The predicted molar refractivity (Wildman–Crippen MR) is 56.4 cm³/mol. The fourth-order valence-electron chi connectivity index (χ4n) is 1.15. The Bertz CT molecular complexity index is 175. The molecule has 0 saturated carbocycles. The highest BCUT2D eigenvalue weighted by atomic mass is 14.7. The maximum absolute atomic E-state index is 4.13. The molecule has 0 aromatic heterocycles. The molecule has 0 aliphatic rings. The Balaban J connectivity index is 4.38. The lowest BCUT2D eigenvalue weighted by Gasteiger charge is -2.13. The number of aliphatic imine (C=N–C) groups is 1. The summed E-state index contributed by atoms with van der Waals surface area (Å²) in [6, 6.07) is 0. The van der Waals surface area contributed by atoms with Crippen molar-refractivity contribution in [2.24, 2.45) is 16.8 Å². The van der Waals surface area contributed by atoms with E-state index in [0.29, 0.717) is 11.8 Å². The van der Waals surface area contributed by atoms with Gasteiger partial charge in [-0.25, -0.2) is 0 Å². The van der Waals surface area contributed by atoms with E-state index in [0.717, 1.165) is 0 Å². The largest absolute Gasteiger partial charge is 0.265 e. The normalized spacial score (nSPS) is 11.2. The zero-order valence-electron chi connectivity index (χ0n) is 8.54. The third-order valence-corrected chi connectivity index (χ3v) is 1.75. The minimum atomic E-state index is 0.576. The van der Waals surface area contributed by atoms with Crippen molar-refractivity contribution in [3.8, 4) is 0 Å². The highest BCUT2D eigenvalue weighted by molar-refractivity contribution is 5.70. The number of hydrogen-bond acceptors (Lipinski definition) is 1. The first-order valence-electron chi connectivity index (χ1n) is 4.43. The van der Waals surface area contributed by atoms with E-state index in [4.69, 9.17) is 0 Å². The molecule has 0 unspecified atom stereocenters. The van der Waals surface area contributed by atoms with E-state index in [1.54, 1.807) is 12.3 Å². The highest BCUT2D eigenvalue weighted by Gasteiger charge is 2.06. The van der Waals surface area contributed by atoms with Gasteiger partial charge < -0.3 is 0 Å². The smallest absolute Gasteiger partial charge is 0.0264 e. The lowest BCUT2D eigenvalue weighted by atomic mass is 9.94. The Morgan fingerprint density at radius 3 is 2.00 bits per heavy atom. The molecule has 0 bridgehead atoms. The molecule has 0 amide bonds. The first-order valence-corrected chi connectivity index (χ1v) is 4.43. The number of nitrogens with zero attached hydrogens (tertiary/aromatic N) is 1. The van der Waals surface area contributed by atoms with Crippen molar-refractivity contribution in [2.75, 3.05) is 0 Å². The van der Waals surface area contributed by atoms with Crippen molar-refractivity contribution in [3.05, 3.63) is 24.4 Å². The van der Waals surface area contributed by atoms with Crippen molar-refractivity contribution in [2.45, 2.75) is 27.7 Å². The van der Waals surface area contributed by atoms with Gasteiger partial charge in [-0.3, -0.25) is 4.99 Å². The van der Waals surface area contributed by atoms with Crippen LogP contribution in [0.2, 0.25) is 0 Å². The van der Waals surface area contributed by atoms with Crippen LogP contribution < -0.4 is 0 Å². The summed E-state index contributed by atoms with van der Waals surface area (Å²) in [6.07, 6.45) is 5.34. The van der Waals surface area contributed by atoms with E-state index in [1.807, 2.05) is 6.20 Å². The second-order valence-corrected chi connectivity index (χ2v) is 3.47. The van der Waals surface area contributed by atoms with Gasteiger partial charge in [0.2, 0.25) is 0 Å².